The van der Waals surface area contributed by atoms with Gasteiger partial charge in [0.15, 0.2) is 0 Å². The largest absolute Gasteiger partial charge is 0.462 e. The van der Waals surface area contributed by atoms with Crippen molar-refractivity contribution in [1.29, 1.82) is 0 Å². The molecular weight excluding hydrogens is 410 g/mol. The van der Waals surface area contributed by atoms with Gasteiger partial charge >= 0.3 is 5.97 Å². The summed E-state index contributed by atoms with van der Waals surface area (Å²) >= 11 is 0. The fourth-order valence-corrected chi connectivity index (χ4v) is 4.31. The van der Waals surface area contributed by atoms with Crippen molar-refractivity contribution in [3.8, 4) is 0 Å². The van der Waals surface area contributed by atoms with Crippen LogP contribution in [-0.4, -0.2) is 19.2 Å². The molecule has 0 bridgehead atoms. The van der Waals surface area contributed by atoms with Gasteiger partial charge in [-0.05, 0) is 85.2 Å². The fourth-order valence-electron chi connectivity index (χ4n) is 4.31. The van der Waals surface area contributed by atoms with E-state index in [1.165, 1.54) is 42.4 Å². The molecule has 0 unspecified atom stereocenters. The van der Waals surface area contributed by atoms with Crippen molar-refractivity contribution < 1.29 is 14.4 Å². The molecule has 0 heterocycles. The molecule has 0 fully saturated rings. The molecule has 2 aromatic carbocycles. The van der Waals surface area contributed by atoms with Crippen LogP contribution in [0.5, 0.6) is 0 Å². The van der Waals surface area contributed by atoms with Crippen molar-refractivity contribution in [2.45, 2.75) is 78.6 Å². The van der Waals surface area contributed by atoms with Crippen molar-refractivity contribution in [2.75, 3.05) is 18.3 Å². The van der Waals surface area contributed by atoms with E-state index in [4.69, 9.17) is 9.57 Å². The molecule has 0 aromatic heterocycles. The van der Waals surface area contributed by atoms with Gasteiger partial charge in [-0.15, -0.1) is 0 Å². The number of benzene rings is 2. The topological polar surface area (TPSA) is 38.8 Å². The molecule has 1 aliphatic rings. The van der Waals surface area contributed by atoms with Crippen LogP contribution in [0.2, 0.25) is 0 Å². The molecule has 0 N–H and O–H groups in total. The zero-order valence-electron chi connectivity index (χ0n) is 20.9. The second kappa shape index (κ2) is 11.5. The summed E-state index contributed by atoms with van der Waals surface area (Å²) in [5.74, 6) is -0.302. The van der Waals surface area contributed by atoms with Crippen LogP contribution in [0.25, 0.3) is 5.57 Å². The zero-order valence-corrected chi connectivity index (χ0v) is 20.9. The molecule has 4 nitrogen and oxygen atoms in total. The highest BCUT2D eigenvalue weighted by Gasteiger charge is 2.27. The second-order valence-corrected chi connectivity index (χ2v) is 9.51. The number of hydrogen-bond donors (Lipinski definition) is 0. The third-order valence-corrected chi connectivity index (χ3v) is 6.39. The van der Waals surface area contributed by atoms with Crippen LogP contribution in [0.1, 0.15) is 94.6 Å². The number of fused-ring (bicyclic) bond motifs is 1. The van der Waals surface area contributed by atoms with Gasteiger partial charge in [-0.2, -0.15) is 0 Å². The average Bonchev–Trinajstić information content (AvgIpc) is 2.81. The lowest BCUT2D eigenvalue weighted by Gasteiger charge is -2.33. The first-order chi connectivity index (χ1) is 15.9. The van der Waals surface area contributed by atoms with Gasteiger partial charge < -0.3 is 4.74 Å². The van der Waals surface area contributed by atoms with Gasteiger partial charge in [0.25, 0.3) is 0 Å². The van der Waals surface area contributed by atoms with Gasteiger partial charge in [-0.3, -0.25) is 4.84 Å². The van der Waals surface area contributed by atoms with Crippen molar-refractivity contribution in [1.82, 2.24) is 0 Å². The normalized spacial score (nSPS) is 14.4. The molecule has 0 aliphatic heterocycles. The minimum atomic E-state index is -0.302. The van der Waals surface area contributed by atoms with Crippen molar-refractivity contribution >= 4 is 22.9 Å². The molecule has 0 atom stereocenters. The zero-order chi connectivity index (χ0) is 23.8. The van der Waals surface area contributed by atoms with Crippen molar-refractivity contribution in [3.05, 3.63) is 65.2 Å². The standard InChI is InChI=1S/C29H39NO3/c1-6-8-9-10-11-20-33-30(24-14-12-23(13-15-24)28(31)32-7-2)25-16-17-27-26(21-25)22(3)18-19-29(27,4)5/h12-18,21H,6-11,19-20H2,1-5H3. The Balaban J connectivity index is 1.87. The summed E-state index contributed by atoms with van der Waals surface area (Å²) in [5, 5.41) is 1.91. The van der Waals surface area contributed by atoms with Gasteiger partial charge in [-0.1, -0.05) is 58.6 Å². The summed E-state index contributed by atoms with van der Waals surface area (Å²) < 4.78 is 5.13. The lowest BCUT2D eigenvalue weighted by molar-refractivity contribution is 0.0526. The summed E-state index contributed by atoms with van der Waals surface area (Å²) in [4.78, 5) is 18.4. The van der Waals surface area contributed by atoms with E-state index >= 15 is 0 Å². The Hall–Kier alpha value is -2.59. The number of nitrogens with zero attached hydrogens (tertiary/aromatic N) is 1. The molecular formula is C29H39NO3. The predicted molar refractivity (Wildman–Crippen MR) is 137 cm³/mol. The van der Waals surface area contributed by atoms with Crippen LogP contribution in [0.3, 0.4) is 0 Å². The van der Waals surface area contributed by atoms with Gasteiger partial charge in [0.2, 0.25) is 0 Å². The Labute approximate surface area is 199 Å². The quantitative estimate of drug-likeness (QED) is 0.198. The second-order valence-electron chi connectivity index (χ2n) is 9.51. The van der Waals surface area contributed by atoms with E-state index < -0.39 is 0 Å². The molecule has 0 radical (unpaired) electrons. The molecule has 4 heteroatoms. The molecule has 178 valence electrons. The average molecular weight is 450 g/mol. The van der Waals surface area contributed by atoms with Crippen LogP contribution in [0, 0.1) is 0 Å². The first kappa shape index (κ1) is 25.0. The summed E-state index contributed by atoms with van der Waals surface area (Å²) in [6.07, 6.45) is 9.32. The highest BCUT2D eigenvalue weighted by Crippen LogP contribution is 2.41. The lowest BCUT2D eigenvalue weighted by Crippen LogP contribution is -2.23. The number of ether oxygens (including phenoxy) is 1. The van der Waals surface area contributed by atoms with Crippen molar-refractivity contribution in [3.63, 3.8) is 0 Å². The maximum Gasteiger partial charge on any atom is 0.338 e. The van der Waals surface area contributed by atoms with Crippen LogP contribution >= 0.6 is 0 Å². The van der Waals surface area contributed by atoms with Crippen LogP contribution in [0.4, 0.5) is 11.4 Å². The predicted octanol–water partition coefficient (Wildman–Crippen LogP) is 7.99. The van der Waals surface area contributed by atoms with E-state index in [1.54, 1.807) is 12.1 Å². The smallest absolute Gasteiger partial charge is 0.338 e. The Morgan fingerprint density at radius 3 is 2.36 bits per heavy atom. The maximum absolute atomic E-state index is 12.1. The number of unbranched alkanes of at least 4 members (excludes halogenated alkanes) is 4. The monoisotopic (exact) mass is 449 g/mol. The summed E-state index contributed by atoms with van der Waals surface area (Å²) in [5.41, 5.74) is 6.53. The molecule has 0 amide bonds. The SMILES string of the molecule is CCCCCCCON(c1ccc(C(=O)OCC)cc1)c1ccc2c(c1)C(C)=CCC2(C)C. The van der Waals surface area contributed by atoms with Gasteiger partial charge in [0, 0.05) is 0 Å². The lowest BCUT2D eigenvalue weighted by atomic mass is 9.73. The molecule has 0 saturated heterocycles. The van der Waals surface area contributed by atoms with E-state index in [0.29, 0.717) is 18.8 Å². The third kappa shape index (κ3) is 6.26. The Bertz CT molecular complexity index is 959. The summed E-state index contributed by atoms with van der Waals surface area (Å²) in [7, 11) is 0. The number of carbonyl (C=O) groups excluding carboxylic acids is 1. The molecule has 0 saturated carbocycles. The highest BCUT2D eigenvalue weighted by molar-refractivity contribution is 5.90. The van der Waals surface area contributed by atoms with Gasteiger partial charge in [-0.25, -0.2) is 9.86 Å². The summed E-state index contributed by atoms with van der Waals surface area (Å²) in [6.45, 7) is 11.8. The van der Waals surface area contributed by atoms with E-state index in [1.807, 2.05) is 24.1 Å². The van der Waals surface area contributed by atoms with E-state index in [9.17, 15) is 4.79 Å². The molecule has 0 spiro atoms. The Morgan fingerprint density at radius 2 is 1.67 bits per heavy atom. The first-order valence-electron chi connectivity index (χ1n) is 12.4. The Morgan fingerprint density at radius 1 is 0.970 bits per heavy atom. The summed E-state index contributed by atoms with van der Waals surface area (Å²) in [6, 6.07) is 14.1. The van der Waals surface area contributed by atoms with Crippen LogP contribution < -0.4 is 5.06 Å². The number of rotatable bonds is 11. The Kier molecular flexibility index (Phi) is 8.74. The molecule has 3 rings (SSSR count). The minimum absolute atomic E-state index is 0.125. The molecule has 33 heavy (non-hydrogen) atoms. The first-order valence-corrected chi connectivity index (χ1v) is 12.4. The maximum atomic E-state index is 12.1. The van der Waals surface area contributed by atoms with Gasteiger partial charge in [0.1, 0.15) is 0 Å². The van der Waals surface area contributed by atoms with Crippen LogP contribution in [0.15, 0.2) is 48.5 Å². The molecule has 2 aromatic rings. The number of esters is 1. The number of allylic oxidation sites excluding steroid dienone is 2. The van der Waals surface area contributed by atoms with Gasteiger partial charge in [0.05, 0.1) is 30.2 Å². The van der Waals surface area contributed by atoms with E-state index in [2.05, 4.69) is 52.0 Å². The van der Waals surface area contributed by atoms with Crippen molar-refractivity contribution in [2.24, 2.45) is 0 Å². The van der Waals surface area contributed by atoms with E-state index in [0.717, 1.165) is 24.2 Å². The molecule has 1 aliphatic carbocycles. The number of carbonyl (C=O) groups is 1. The number of hydrogen-bond acceptors (Lipinski definition) is 4. The number of anilines is 2. The highest BCUT2D eigenvalue weighted by atomic mass is 16.7. The fraction of sp³-hybridized carbons (Fsp3) is 0.483. The van der Waals surface area contributed by atoms with E-state index in [-0.39, 0.29) is 11.4 Å². The minimum Gasteiger partial charge on any atom is -0.462 e. The van der Waals surface area contributed by atoms with Crippen LogP contribution in [-0.2, 0) is 15.0 Å². The third-order valence-electron chi connectivity index (χ3n) is 6.39.